The number of allylic oxidation sites excluding steroid dienone is 1. The smallest absolute Gasteiger partial charge is 0.330 e. The summed E-state index contributed by atoms with van der Waals surface area (Å²) in [5.41, 5.74) is 2.77. The first-order valence-corrected chi connectivity index (χ1v) is 6.91. The molecule has 0 bridgehead atoms. The van der Waals surface area contributed by atoms with Crippen molar-refractivity contribution in [2.24, 2.45) is 0 Å². The van der Waals surface area contributed by atoms with Gasteiger partial charge in [0.25, 0.3) is 0 Å². The van der Waals surface area contributed by atoms with Gasteiger partial charge in [0.2, 0.25) is 0 Å². The first-order chi connectivity index (χ1) is 11.1. The van der Waals surface area contributed by atoms with Crippen LogP contribution >= 0.6 is 0 Å². The molecular formula is C19H15FO3. The number of carbonyl (C=O) groups excluding carboxylic acids is 2. The fourth-order valence-electron chi connectivity index (χ4n) is 1.94. The van der Waals surface area contributed by atoms with Crippen LogP contribution in [0.2, 0.25) is 0 Å². The van der Waals surface area contributed by atoms with E-state index >= 15 is 0 Å². The van der Waals surface area contributed by atoms with Gasteiger partial charge < -0.3 is 4.74 Å². The molecule has 0 saturated heterocycles. The van der Waals surface area contributed by atoms with Gasteiger partial charge >= 0.3 is 5.97 Å². The summed E-state index contributed by atoms with van der Waals surface area (Å²) in [7, 11) is 1.32. The molecule has 2 aromatic rings. The fourth-order valence-corrected chi connectivity index (χ4v) is 1.94. The second-order valence-corrected chi connectivity index (χ2v) is 4.75. The zero-order valence-electron chi connectivity index (χ0n) is 12.5. The van der Waals surface area contributed by atoms with Crippen LogP contribution in [0.4, 0.5) is 4.39 Å². The number of methoxy groups -OCH3 is 1. The van der Waals surface area contributed by atoms with E-state index in [2.05, 4.69) is 4.74 Å². The lowest BCUT2D eigenvalue weighted by Gasteiger charge is -2.02. The largest absolute Gasteiger partial charge is 0.466 e. The minimum absolute atomic E-state index is 0.347. The highest BCUT2D eigenvalue weighted by Crippen LogP contribution is 2.17. The van der Waals surface area contributed by atoms with Gasteiger partial charge in [0, 0.05) is 11.6 Å². The summed E-state index contributed by atoms with van der Waals surface area (Å²) in [5, 5.41) is 0. The van der Waals surface area contributed by atoms with Gasteiger partial charge in [-0.1, -0.05) is 36.4 Å². The highest BCUT2D eigenvalue weighted by Gasteiger charge is 2.01. The van der Waals surface area contributed by atoms with E-state index in [1.165, 1.54) is 25.3 Å². The summed E-state index contributed by atoms with van der Waals surface area (Å²) in [5.74, 6) is -0.769. The molecule has 0 heterocycles. The molecule has 0 spiro atoms. The minimum Gasteiger partial charge on any atom is -0.466 e. The second kappa shape index (κ2) is 7.84. The number of halogens is 1. The molecule has 3 nitrogen and oxygen atoms in total. The Bertz CT molecular complexity index is 741. The lowest BCUT2D eigenvalue weighted by molar-refractivity contribution is -0.134. The first-order valence-electron chi connectivity index (χ1n) is 6.91. The fraction of sp³-hybridized carbons (Fsp3) is 0.0526. The average Bonchev–Trinajstić information content (AvgIpc) is 2.59. The van der Waals surface area contributed by atoms with Crippen molar-refractivity contribution < 1.29 is 18.7 Å². The number of aldehydes is 1. The van der Waals surface area contributed by atoms with Crippen molar-refractivity contribution in [2.75, 3.05) is 7.11 Å². The number of benzene rings is 2. The average molecular weight is 310 g/mol. The Morgan fingerprint density at radius 2 is 1.61 bits per heavy atom. The van der Waals surface area contributed by atoms with Crippen LogP contribution in [0.25, 0.3) is 17.7 Å². The zero-order chi connectivity index (χ0) is 16.7. The van der Waals surface area contributed by atoms with Gasteiger partial charge in [-0.2, -0.15) is 0 Å². The Morgan fingerprint density at radius 3 is 2.17 bits per heavy atom. The predicted octanol–water partition coefficient (Wildman–Crippen LogP) is 3.75. The van der Waals surface area contributed by atoms with Gasteiger partial charge in [-0.05, 0) is 41.0 Å². The number of esters is 1. The minimum atomic E-state index is -0.423. The Balaban J connectivity index is 2.20. The van der Waals surface area contributed by atoms with E-state index in [1.807, 2.05) is 24.3 Å². The standard InChI is InChI=1S/C19H15FO3/c1-23-19(22)11-6-14-2-4-15(5-3-14)12-17(13-21)16-7-9-18(20)10-8-16/h2-13H,1H3. The van der Waals surface area contributed by atoms with Crippen LogP contribution < -0.4 is 0 Å². The van der Waals surface area contributed by atoms with Crippen LogP contribution in [-0.2, 0) is 14.3 Å². The Kier molecular flexibility index (Phi) is 5.58. The molecular weight excluding hydrogens is 295 g/mol. The Labute approximate surface area is 133 Å². The van der Waals surface area contributed by atoms with Crippen LogP contribution in [0.3, 0.4) is 0 Å². The maximum Gasteiger partial charge on any atom is 0.330 e. The number of carbonyl (C=O) groups is 2. The molecule has 4 heteroatoms. The lowest BCUT2D eigenvalue weighted by atomic mass is 10.0. The summed E-state index contributed by atoms with van der Waals surface area (Å²) in [6.07, 6.45) is 5.42. The van der Waals surface area contributed by atoms with E-state index in [9.17, 15) is 14.0 Å². The molecule has 0 radical (unpaired) electrons. The Morgan fingerprint density at radius 1 is 1.00 bits per heavy atom. The van der Waals surface area contributed by atoms with Crippen LogP contribution in [-0.4, -0.2) is 19.4 Å². The quantitative estimate of drug-likeness (QED) is 0.365. The molecule has 0 fully saturated rings. The molecule has 116 valence electrons. The van der Waals surface area contributed by atoms with Crippen molar-refractivity contribution in [1.29, 1.82) is 0 Å². The third-order valence-electron chi connectivity index (χ3n) is 3.18. The normalized spacial score (nSPS) is 11.5. The zero-order valence-corrected chi connectivity index (χ0v) is 12.5. The van der Waals surface area contributed by atoms with E-state index < -0.39 is 5.97 Å². The van der Waals surface area contributed by atoms with Gasteiger partial charge in [-0.3, -0.25) is 4.79 Å². The number of hydrogen-bond acceptors (Lipinski definition) is 3. The molecule has 0 amide bonds. The highest BCUT2D eigenvalue weighted by atomic mass is 19.1. The second-order valence-electron chi connectivity index (χ2n) is 4.75. The van der Waals surface area contributed by atoms with E-state index in [1.54, 1.807) is 24.3 Å². The number of hydrogen-bond donors (Lipinski definition) is 0. The summed E-state index contributed by atoms with van der Waals surface area (Å²) < 4.78 is 17.5. The SMILES string of the molecule is COC(=O)C=Cc1ccc(C=C(C=O)c2ccc(F)cc2)cc1. The molecule has 23 heavy (non-hydrogen) atoms. The van der Waals surface area contributed by atoms with Crippen molar-refractivity contribution >= 4 is 30.0 Å². The van der Waals surface area contributed by atoms with Crippen molar-refractivity contribution in [2.45, 2.75) is 0 Å². The van der Waals surface area contributed by atoms with Crippen LogP contribution in [0, 0.1) is 5.82 Å². The van der Waals surface area contributed by atoms with Crippen molar-refractivity contribution in [1.82, 2.24) is 0 Å². The van der Waals surface area contributed by atoms with E-state index in [0.717, 1.165) is 17.4 Å². The summed E-state index contributed by atoms with van der Waals surface area (Å²) in [4.78, 5) is 22.3. The monoisotopic (exact) mass is 310 g/mol. The van der Waals surface area contributed by atoms with Gasteiger partial charge in [0.05, 0.1) is 7.11 Å². The number of rotatable bonds is 5. The van der Waals surface area contributed by atoms with Gasteiger partial charge in [-0.25, -0.2) is 9.18 Å². The molecule has 0 unspecified atom stereocenters. The summed E-state index contributed by atoms with van der Waals surface area (Å²) in [6, 6.07) is 13.0. The third-order valence-corrected chi connectivity index (χ3v) is 3.18. The summed E-state index contributed by atoms with van der Waals surface area (Å²) >= 11 is 0. The molecule has 0 aliphatic heterocycles. The molecule has 2 aromatic carbocycles. The van der Waals surface area contributed by atoms with E-state index in [4.69, 9.17) is 0 Å². The maximum atomic E-state index is 12.9. The van der Waals surface area contributed by atoms with Crippen LogP contribution in [0.15, 0.2) is 54.6 Å². The molecule has 0 atom stereocenters. The summed E-state index contributed by atoms with van der Waals surface area (Å²) in [6.45, 7) is 0. The molecule has 0 saturated carbocycles. The Hall–Kier alpha value is -3.01. The predicted molar refractivity (Wildman–Crippen MR) is 87.8 cm³/mol. The van der Waals surface area contributed by atoms with E-state index in [-0.39, 0.29) is 5.82 Å². The topological polar surface area (TPSA) is 43.4 Å². The third kappa shape index (κ3) is 4.74. The molecule has 0 aliphatic carbocycles. The molecule has 0 aromatic heterocycles. The van der Waals surface area contributed by atoms with Gasteiger partial charge in [-0.15, -0.1) is 0 Å². The molecule has 2 rings (SSSR count). The van der Waals surface area contributed by atoms with E-state index in [0.29, 0.717) is 11.1 Å². The number of ether oxygens (including phenoxy) is 1. The lowest BCUT2D eigenvalue weighted by Crippen LogP contribution is -1.93. The molecule has 0 N–H and O–H groups in total. The van der Waals surface area contributed by atoms with Crippen LogP contribution in [0.5, 0.6) is 0 Å². The van der Waals surface area contributed by atoms with Gasteiger partial charge in [0.15, 0.2) is 6.29 Å². The van der Waals surface area contributed by atoms with Crippen molar-refractivity contribution in [3.63, 3.8) is 0 Å². The maximum absolute atomic E-state index is 12.9. The highest BCUT2D eigenvalue weighted by molar-refractivity contribution is 6.13. The molecule has 0 aliphatic rings. The van der Waals surface area contributed by atoms with Crippen molar-refractivity contribution in [3.05, 3.63) is 77.1 Å². The van der Waals surface area contributed by atoms with Crippen LogP contribution in [0.1, 0.15) is 16.7 Å². The first kappa shape index (κ1) is 16.4. The van der Waals surface area contributed by atoms with Crippen molar-refractivity contribution in [3.8, 4) is 0 Å². The van der Waals surface area contributed by atoms with Gasteiger partial charge in [0.1, 0.15) is 5.82 Å².